The van der Waals surface area contributed by atoms with E-state index in [0.717, 1.165) is 12.1 Å². The summed E-state index contributed by atoms with van der Waals surface area (Å²) in [5, 5.41) is 7.85. The van der Waals surface area contributed by atoms with Gasteiger partial charge in [-0.1, -0.05) is 48.7 Å². The Hall–Kier alpha value is -1.29. The van der Waals surface area contributed by atoms with Gasteiger partial charge in [0.2, 0.25) is 0 Å². The van der Waals surface area contributed by atoms with E-state index in [-0.39, 0.29) is 0 Å². The van der Waals surface area contributed by atoms with Gasteiger partial charge in [-0.3, -0.25) is 0 Å². The summed E-state index contributed by atoms with van der Waals surface area (Å²) in [6.45, 7) is 2.20. The molecule has 0 aliphatic heterocycles. The molecular weight excluding hydrogens is 335 g/mol. The summed E-state index contributed by atoms with van der Waals surface area (Å²) < 4.78 is 0. The smallest absolute Gasteiger partial charge is 0.175 e. The van der Waals surface area contributed by atoms with Crippen molar-refractivity contribution in [2.24, 2.45) is 0 Å². The summed E-state index contributed by atoms with van der Waals surface area (Å²) in [5.74, 6) is 0. The van der Waals surface area contributed by atoms with E-state index in [4.69, 9.17) is 35.4 Å². The Balaban J connectivity index is 1.95. The summed E-state index contributed by atoms with van der Waals surface area (Å²) in [5.41, 5.74) is 2.96. The molecule has 0 amide bonds. The van der Waals surface area contributed by atoms with Crippen LogP contribution in [0.3, 0.4) is 0 Å². The van der Waals surface area contributed by atoms with Crippen molar-refractivity contribution in [2.75, 3.05) is 10.6 Å². The van der Waals surface area contributed by atoms with Crippen molar-refractivity contribution in [2.45, 2.75) is 26.2 Å². The molecule has 0 spiro atoms. The standard InChI is InChI=1S/C17H18Cl2N2S/c1-2-3-4-12-5-8-14(9-6-12)20-17(22)21-16-11-13(18)7-10-15(16)19/h5-11H,2-4H2,1H3,(H2,20,21,22). The lowest BCUT2D eigenvalue weighted by Crippen LogP contribution is -2.19. The van der Waals surface area contributed by atoms with E-state index in [1.165, 1.54) is 18.4 Å². The molecule has 0 aliphatic carbocycles. The molecule has 0 saturated carbocycles. The van der Waals surface area contributed by atoms with Gasteiger partial charge in [-0.05, 0) is 61.0 Å². The Bertz CT molecular complexity index is 642. The average molecular weight is 353 g/mol. The Kier molecular flexibility index (Phi) is 6.49. The highest BCUT2D eigenvalue weighted by Crippen LogP contribution is 2.25. The number of benzene rings is 2. The second-order valence-corrected chi connectivity index (χ2v) is 6.26. The zero-order valence-corrected chi connectivity index (χ0v) is 14.7. The Morgan fingerprint density at radius 1 is 1.05 bits per heavy atom. The SMILES string of the molecule is CCCCc1ccc(NC(=S)Nc2cc(Cl)ccc2Cl)cc1. The number of aryl methyl sites for hydroxylation is 1. The van der Waals surface area contributed by atoms with Crippen molar-refractivity contribution < 1.29 is 0 Å². The van der Waals surface area contributed by atoms with Gasteiger partial charge in [0.05, 0.1) is 10.7 Å². The third-order valence-electron chi connectivity index (χ3n) is 3.21. The predicted octanol–water partition coefficient (Wildman–Crippen LogP) is 6.14. The van der Waals surface area contributed by atoms with Crippen molar-refractivity contribution in [3.63, 3.8) is 0 Å². The number of hydrogen-bond acceptors (Lipinski definition) is 1. The van der Waals surface area contributed by atoms with Crippen LogP contribution in [0.4, 0.5) is 11.4 Å². The van der Waals surface area contributed by atoms with E-state index in [9.17, 15) is 0 Å². The van der Waals surface area contributed by atoms with Crippen LogP contribution in [-0.2, 0) is 6.42 Å². The molecule has 2 N–H and O–H groups in total. The fourth-order valence-corrected chi connectivity index (χ4v) is 2.58. The third kappa shape index (κ3) is 5.16. The van der Waals surface area contributed by atoms with Gasteiger partial charge in [-0.15, -0.1) is 0 Å². The first kappa shape index (κ1) is 17.1. The van der Waals surface area contributed by atoms with E-state index < -0.39 is 0 Å². The Labute approximate surface area is 146 Å². The van der Waals surface area contributed by atoms with Crippen LogP contribution in [0.1, 0.15) is 25.3 Å². The van der Waals surface area contributed by atoms with Crippen molar-refractivity contribution in [3.8, 4) is 0 Å². The number of hydrogen-bond donors (Lipinski definition) is 2. The molecule has 0 heterocycles. The summed E-state index contributed by atoms with van der Waals surface area (Å²) >= 11 is 17.4. The number of rotatable bonds is 5. The fourth-order valence-electron chi connectivity index (χ4n) is 2.01. The molecule has 0 bridgehead atoms. The van der Waals surface area contributed by atoms with E-state index in [1.807, 2.05) is 12.1 Å². The van der Waals surface area contributed by atoms with Gasteiger partial charge < -0.3 is 10.6 Å². The molecule has 2 nitrogen and oxygen atoms in total. The van der Waals surface area contributed by atoms with Gasteiger partial charge in [0, 0.05) is 10.7 Å². The molecule has 5 heteroatoms. The van der Waals surface area contributed by atoms with Crippen LogP contribution >= 0.6 is 35.4 Å². The molecule has 0 fully saturated rings. The van der Waals surface area contributed by atoms with Crippen LogP contribution < -0.4 is 10.6 Å². The van der Waals surface area contributed by atoms with Crippen LogP contribution in [0.15, 0.2) is 42.5 Å². The number of halogens is 2. The lowest BCUT2D eigenvalue weighted by Gasteiger charge is -2.12. The molecule has 22 heavy (non-hydrogen) atoms. The second-order valence-electron chi connectivity index (χ2n) is 5.00. The predicted molar refractivity (Wildman–Crippen MR) is 101 cm³/mol. The van der Waals surface area contributed by atoms with E-state index in [1.54, 1.807) is 18.2 Å². The Morgan fingerprint density at radius 3 is 2.45 bits per heavy atom. The van der Waals surface area contributed by atoms with Crippen molar-refractivity contribution in [1.29, 1.82) is 0 Å². The van der Waals surface area contributed by atoms with Gasteiger partial charge in [-0.25, -0.2) is 0 Å². The summed E-state index contributed by atoms with van der Waals surface area (Å²) in [4.78, 5) is 0. The summed E-state index contributed by atoms with van der Waals surface area (Å²) in [6.07, 6.45) is 3.52. The van der Waals surface area contributed by atoms with Crippen molar-refractivity contribution >= 4 is 51.9 Å². The highest BCUT2D eigenvalue weighted by molar-refractivity contribution is 7.80. The van der Waals surface area contributed by atoms with Crippen LogP contribution in [0.25, 0.3) is 0 Å². The first-order valence-corrected chi connectivity index (χ1v) is 8.37. The minimum absolute atomic E-state index is 0.477. The fraction of sp³-hybridized carbons (Fsp3) is 0.235. The maximum atomic E-state index is 6.10. The molecule has 0 saturated heterocycles. The van der Waals surface area contributed by atoms with Gasteiger partial charge in [-0.2, -0.15) is 0 Å². The van der Waals surface area contributed by atoms with E-state index in [2.05, 4.69) is 29.7 Å². The largest absolute Gasteiger partial charge is 0.332 e. The van der Waals surface area contributed by atoms with Crippen LogP contribution in [0, 0.1) is 0 Å². The quantitative estimate of drug-likeness (QED) is 0.631. The zero-order valence-electron chi connectivity index (χ0n) is 12.3. The maximum absolute atomic E-state index is 6.10. The summed E-state index contributed by atoms with van der Waals surface area (Å²) in [7, 11) is 0. The molecule has 0 radical (unpaired) electrons. The first-order chi connectivity index (χ1) is 10.6. The highest BCUT2D eigenvalue weighted by atomic mass is 35.5. The van der Waals surface area contributed by atoms with Gasteiger partial charge in [0.1, 0.15) is 0 Å². The number of nitrogens with one attached hydrogen (secondary N) is 2. The topological polar surface area (TPSA) is 24.1 Å². The number of thiocarbonyl (C=S) groups is 1. The van der Waals surface area contributed by atoms with Gasteiger partial charge in [0.25, 0.3) is 0 Å². The van der Waals surface area contributed by atoms with Crippen LogP contribution in [-0.4, -0.2) is 5.11 Å². The normalized spacial score (nSPS) is 10.3. The van der Waals surface area contributed by atoms with Crippen molar-refractivity contribution in [3.05, 3.63) is 58.1 Å². The number of unbranched alkanes of at least 4 members (excludes halogenated alkanes) is 1. The monoisotopic (exact) mass is 352 g/mol. The number of anilines is 2. The minimum atomic E-state index is 0.477. The van der Waals surface area contributed by atoms with Gasteiger partial charge >= 0.3 is 0 Å². The molecule has 0 unspecified atom stereocenters. The molecule has 0 aliphatic rings. The molecule has 0 aromatic heterocycles. The lowest BCUT2D eigenvalue weighted by atomic mass is 10.1. The average Bonchev–Trinajstić information content (AvgIpc) is 2.50. The summed E-state index contributed by atoms with van der Waals surface area (Å²) in [6, 6.07) is 13.5. The first-order valence-electron chi connectivity index (χ1n) is 7.20. The van der Waals surface area contributed by atoms with Gasteiger partial charge in [0.15, 0.2) is 5.11 Å². The maximum Gasteiger partial charge on any atom is 0.175 e. The highest BCUT2D eigenvalue weighted by Gasteiger charge is 2.04. The van der Waals surface area contributed by atoms with Crippen LogP contribution in [0.5, 0.6) is 0 Å². The Morgan fingerprint density at radius 2 is 1.77 bits per heavy atom. The van der Waals surface area contributed by atoms with Crippen molar-refractivity contribution in [1.82, 2.24) is 0 Å². The molecule has 0 atom stereocenters. The van der Waals surface area contributed by atoms with E-state index >= 15 is 0 Å². The second kappa shape index (κ2) is 8.37. The zero-order chi connectivity index (χ0) is 15.9. The molecule has 2 aromatic carbocycles. The minimum Gasteiger partial charge on any atom is -0.332 e. The van der Waals surface area contributed by atoms with E-state index in [0.29, 0.717) is 20.8 Å². The molecular formula is C17H18Cl2N2S. The molecule has 116 valence electrons. The third-order valence-corrected chi connectivity index (χ3v) is 3.98. The lowest BCUT2D eigenvalue weighted by molar-refractivity contribution is 0.795. The molecule has 2 aromatic rings. The van der Waals surface area contributed by atoms with Crippen LogP contribution in [0.2, 0.25) is 10.0 Å². The molecule has 2 rings (SSSR count).